The first-order valence-corrected chi connectivity index (χ1v) is 8.31. The Morgan fingerprint density at radius 2 is 2.04 bits per heavy atom. The summed E-state index contributed by atoms with van der Waals surface area (Å²) >= 11 is 0. The third-order valence-corrected chi connectivity index (χ3v) is 4.57. The fourth-order valence-corrected chi connectivity index (χ4v) is 2.79. The van der Waals surface area contributed by atoms with Crippen LogP contribution in [0.2, 0.25) is 0 Å². The van der Waals surface area contributed by atoms with Gasteiger partial charge in [-0.3, -0.25) is 4.79 Å². The Balaban J connectivity index is 1.95. The molecule has 5 nitrogen and oxygen atoms in total. The monoisotopic (exact) mass is 318 g/mol. The summed E-state index contributed by atoms with van der Waals surface area (Å²) in [6.07, 6.45) is 2.29. The van der Waals surface area contributed by atoms with Crippen molar-refractivity contribution in [2.24, 2.45) is 11.7 Å². The van der Waals surface area contributed by atoms with Gasteiger partial charge in [0.25, 0.3) is 0 Å². The van der Waals surface area contributed by atoms with Crippen molar-refractivity contribution in [2.45, 2.75) is 51.8 Å². The van der Waals surface area contributed by atoms with Crippen molar-refractivity contribution in [2.75, 3.05) is 6.54 Å². The van der Waals surface area contributed by atoms with E-state index in [1.165, 1.54) is 0 Å². The Morgan fingerprint density at radius 3 is 2.70 bits per heavy atom. The van der Waals surface area contributed by atoms with E-state index in [1.807, 2.05) is 44.2 Å². The molecule has 5 heteroatoms. The summed E-state index contributed by atoms with van der Waals surface area (Å²) in [5.74, 6) is -0.376. The topological polar surface area (TPSA) is 72.6 Å². The fourth-order valence-electron chi connectivity index (χ4n) is 2.79. The third kappa shape index (κ3) is 4.32. The van der Waals surface area contributed by atoms with Crippen molar-refractivity contribution < 1.29 is 14.3 Å². The van der Waals surface area contributed by atoms with Gasteiger partial charge in [-0.05, 0) is 24.3 Å². The number of carbonyl (C=O) groups excluding carboxylic acids is 2. The first kappa shape index (κ1) is 17.5. The maximum atomic E-state index is 12.5. The molecule has 2 N–H and O–H groups in total. The lowest BCUT2D eigenvalue weighted by Crippen LogP contribution is -2.51. The average Bonchev–Trinajstić information content (AvgIpc) is 3.08. The molecule has 1 aromatic carbocycles. The smallest absolute Gasteiger partial charge is 0.329 e. The number of amides is 1. The highest BCUT2D eigenvalue weighted by molar-refractivity contribution is 5.88. The molecule has 0 spiro atoms. The zero-order chi connectivity index (χ0) is 16.8. The van der Waals surface area contributed by atoms with E-state index in [9.17, 15) is 9.59 Å². The number of likely N-dealkylation sites (tertiary alicyclic amines) is 1. The Morgan fingerprint density at radius 1 is 1.35 bits per heavy atom. The second-order valence-electron chi connectivity index (χ2n) is 6.19. The zero-order valence-electron chi connectivity index (χ0n) is 13.9. The summed E-state index contributed by atoms with van der Waals surface area (Å²) in [5, 5.41) is 0. The number of nitrogens with zero attached hydrogens (tertiary/aromatic N) is 1. The summed E-state index contributed by atoms with van der Waals surface area (Å²) in [5.41, 5.74) is 6.97. The lowest BCUT2D eigenvalue weighted by Gasteiger charge is -2.28. The van der Waals surface area contributed by atoms with Crippen LogP contribution in [0.3, 0.4) is 0 Å². The largest absolute Gasteiger partial charge is 0.459 e. The van der Waals surface area contributed by atoms with Crippen LogP contribution in [0.5, 0.6) is 0 Å². The quantitative estimate of drug-likeness (QED) is 0.815. The molecule has 0 bridgehead atoms. The van der Waals surface area contributed by atoms with Crippen molar-refractivity contribution in [1.82, 2.24) is 4.90 Å². The third-order valence-electron chi connectivity index (χ3n) is 4.57. The second kappa shape index (κ2) is 8.11. The molecule has 0 aromatic heterocycles. The van der Waals surface area contributed by atoms with Crippen molar-refractivity contribution in [3.05, 3.63) is 35.9 Å². The lowest BCUT2D eigenvalue weighted by molar-refractivity contribution is -0.155. The standard InChI is InChI=1S/C18H26N2O3/c1-3-13(2)16(19)17(21)20-11-7-10-15(20)18(22)23-12-14-8-5-4-6-9-14/h4-6,8-9,13,15-16H,3,7,10-12,19H2,1-2H3/t13?,15-,16-/m0/s1. The van der Waals surface area contributed by atoms with Crippen LogP contribution in [0.25, 0.3) is 0 Å². The SMILES string of the molecule is CCC(C)[C@H](N)C(=O)N1CCC[C@H]1C(=O)OCc1ccccc1. The highest BCUT2D eigenvalue weighted by atomic mass is 16.5. The Hall–Kier alpha value is -1.88. The Labute approximate surface area is 137 Å². The fraction of sp³-hybridized carbons (Fsp3) is 0.556. The van der Waals surface area contributed by atoms with Crippen LogP contribution in [0.1, 0.15) is 38.7 Å². The van der Waals surface area contributed by atoms with E-state index >= 15 is 0 Å². The van der Waals surface area contributed by atoms with Crippen LogP contribution in [0.15, 0.2) is 30.3 Å². The number of hydrogen-bond acceptors (Lipinski definition) is 4. The average molecular weight is 318 g/mol. The summed E-state index contributed by atoms with van der Waals surface area (Å²) < 4.78 is 5.39. The molecule has 1 unspecified atom stereocenters. The normalized spacial score (nSPS) is 20.1. The number of esters is 1. The molecule has 1 heterocycles. The Bertz CT molecular complexity index is 532. The van der Waals surface area contributed by atoms with Gasteiger partial charge in [0.1, 0.15) is 12.6 Å². The van der Waals surface area contributed by atoms with Gasteiger partial charge in [-0.2, -0.15) is 0 Å². The van der Waals surface area contributed by atoms with E-state index in [1.54, 1.807) is 4.90 Å². The zero-order valence-corrected chi connectivity index (χ0v) is 13.9. The molecule has 0 saturated carbocycles. The number of ether oxygens (including phenoxy) is 1. The highest BCUT2D eigenvalue weighted by Crippen LogP contribution is 2.21. The molecule has 1 saturated heterocycles. The summed E-state index contributed by atoms with van der Waals surface area (Å²) in [4.78, 5) is 26.5. The van der Waals surface area contributed by atoms with Gasteiger partial charge in [-0.1, -0.05) is 50.6 Å². The van der Waals surface area contributed by atoms with Gasteiger partial charge in [0.05, 0.1) is 6.04 Å². The van der Waals surface area contributed by atoms with E-state index in [0.29, 0.717) is 13.0 Å². The van der Waals surface area contributed by atoms with Gasteiger partial charge < -0.3 is 15.4 Å². The predicted molar refractivity (Wildman–Crippen MR) is 88.4 cm³/mol. The minimum absolute atomic E-state index is 0.101. The van der Waals surface area contributed by atoms with E-state index in [-0.39, 0.29) is 24.4 Å². The molecule has 1 aliphatic rings. The molecule has 126 valence electrons. The van der Waals surface area contributed by atoms with Gasteiger partial charge in [-0.15, -0.1) is 0 Å². The number of rotatable bonds is 6. The minimum atomic E-state index is -0.553. The molecular formula is C18H26N2O3. The van der Waals surface area contributed by atoms with E-state index < -0.39 is 12.1 Å². The molecular weight excluding hydrogens is 292 g/mol. The summed E-state index contributed by atoms with van der Waals surface area (Å²) in [6.45, 7) is 4.78. The highest BCUT2D eigenvalue weighted by Gasteiger charge is 2.38. The lowest BCUT2D eigenvalue weighted by atomic mass is 9.98. The first-order chi connectivity index (χ1) is 11.0. The molecule has 23 heavy (non-hydrogen) atoms. The first-order valence-electron chi connectivity index (χ1n) is 8.31. The summed E-state index contributed by atoms with van der Waals surface area (Å²) in [6, 6.07) is 8.48. The van der Waals surface area contributed by atoms with Crippen LogP contribution in [-0.4, -0.2) is 35.4 Å². The van der Waals surface area contributed by atoms with Crippen LogP contribution < -0.4 is 5.73 Å². The van der Waals surface area contributed by atoms with E-state index in [0.717, 1.165) is 18.4 Å². The van der Waals surface area contributed by atoms with Crippen LogP contribution >= 0.6 is 0 Å². The van der Waals surface area contributed by atoms with Crippen LogP contribution in [0.4, 0.5) is 0 Å². The molecule has 1 fully saturated rings. The number of carbonyl (C=O) groups is 2. The van der Waals surface area contributed by atoms with Gasteiger partial charge in [0.15, 0.2) is 0 Å². The van der Waals surface area contributed by atoms with Crippen molar-refractivity contribution >= 4 is 11.9 Å². The van der Waals surface area contributed by atoms with Crippen LogP contribution in [-0.2, 0) is 20.9 Å². The predicted octanol–water partition coefficient (Wildman–Crippen LogP) is 2.09. The maximum Gasteiger partial charge on any atom is 0.329 e. The van der Waals surface area contributed by atoms with Crippen molar-refractivity contribution in [1.29, 1.82) is 0 Å². The summed E-state index contributed by atoms with van der Waals surface area (Å²) in [7, 11) is 0. The van der Waals surface area contributed by atoms with Gasteiger partial charge >= 0.3 is 5.97 Å². The minimum Gasteiger partial charge on any atom is -0.459 e. The van der Waals surface area contributed by atoms with Crippen LogP contribution in [0, 0.1) is 5.92 Å². The van der Waals surface area contributed by atoms with E-state index in [2.05, 4.69) is 0 Å². The number of hydrogen-bond donors (Lipinski definition) is 1. The molecule has 2 rings (SSSR count). The molecule has 3 atom stereocenters. The molecule has 1 aromatic rings. The van der Waals surface area contributed by atoms with E-state index in [4.69, 9.17) is 10.5 Å². The van der Waals surface area contributed by atoms with Gasteiger partial charge in [0, 0.05) is 6.54 Å². The number of nitrogens with two attached hydrogens (primary N) is 1. The second-order valence-corrected chi connectivity index (χ2v) is 6.19. The van der Waals surface area contributed by atoms with Gasteiger partial charge in [0.2, 0.25) is 5.91 Å². The Kier molecular flexibility index (Phi) is 6.16. The van der Waals surface area contributed by atoms with Crippen molar-refractivity contribution in [3.8, 4) is 0 Å². The van der Waals surface area contributed by atoms with Gasteiger partial charge in [-0.25, -0.2) is 4.79 Å². The maximum absolute atomic E-state index is 12.5. The molecule has 0 radical (unpaired) electrons. The number of benzene rings is 1. The molecule has 1 amide bonds. The molecule has 1 aliphatic heterocycles. The molecule has 0 aliphatic carbocycles. The van der Waals surface area contributed by atoms with Crippen molar-refractivity contribution in [3.63, 3.8) is 0 Å².